The Balaban J connectivity index is 1.89. The van der Waals surface area contributed by atoms with Gasteiger partial charge in [0.05, 0.1) is 0 Å². The van der Waals surface area contributed by atoms with E-state index in [-0.39, 0.29) is 5.54 Å². The number of piperidine rings is 1. The van der Waals surface area contributed by atoms with Crippen LogP contribution in [0.3, 0.4) is 0 Å². The maximum absolute atomic E-state index is 3.71. The van der Waals surface area contributed by atoms with Crippen molar-refractivity contribution < 1.29 is 0 Å². The van der Waals surface area contributed by atoms with E-state index >= 15 is 0 Å². The van der Waals surface area contributed by atoms with Crippen LogP contribution in [0.15, 0.2) is 28.7 Å². The van der Waals surface area contributed by atoms with Gasteiger partial charge < -0.3 is 10.2 Å². The normalized spacial score (nSPS) is 19.6. The average Bonchev–Trinajstić information content (AvgIpc) is 2.35. The number of hydrogen-bond acceptors (Lipinski definition) is 2. The SMILES string of the molecule is CC(C)CN1CCC(C)(Nc2ccc(Br)cc2)CC1. The summed E-state index contributed by atoms with van der Waals surface area (Å²) in [6, 6.07) is 8.49. The smallest absolute Gasteiger partial charge is 0.0370 e. The lowest BCUT2D eigenvalue weighted by Crippen LogP contribution is -2.47. The van der Waals surface area contributed by atoms with E-state index in [1.807, 2.05) is 0 Å². The van der Waals surface area contributed by atoms with E-state index in [2.05, 4.69) is 71.2 Å². The Bertz CT molecular complexity index is 392. The van der Waals surface area contributed by atoms with Crippen LogP contribution in [0, 0.1) is 5.92 Å². The first kappa shape index (κ1) is 14.9. The molecule has 0 atom stereocenters. The summed E-state index contributed by atoms with van der Waals surface area (Å²) in [4.78, 5) is 2.59. The van der Waals surface area contributed by atoms with Gasteiger partial charge in [-0.05, 0) is 49.9 Å². The fourth-order valence-electron chi connectivity index (χ4n) is 2.75. The Morgan fingerprint density at radius 3 is 2.32 bits per heavy atom. The van der Waals surface area contributed by atoms with E-state index in [1.54, 1.807) is 0 Å². The third-order valence-corrected chi connectivity index (χ3v) is 4.40. The molecule has 0 radical (unpaired) electrons. The number of nitrogens with zero attached hydrogens (tertiary/aromatic N) is 1. The van der Waals surface area contributed by atoms with E-state index in [9.17, 15) is 0 Å². The van der Waals surface area contributed by atoms with Gasteiger partial charge in [0.1, 0.15) is 0 Å². The molecule has 3 heteroatoms. The van der Waals surface area contributed by atoms with Crippen molar-refractivity contribution in [1.29, 1.82) is 0 Å². The molecule has 0 saturated carbocycles. The summed E-state index contributed by atoms with van der Waals surface area (Å²) < 4.78 is 1.13. The molecule has 0 bridgehead atoms. The molecule has 1 heterocycles. The van der Waals surface area contributed by atoms with Crippen LogP contribution in [-0.4, -0.2) is 30.1 Å². The van der Waals surface area contributed by atoms with E-state index in [0.29, 0.717) is 0 Å². The number of benzene rings is 1. The second kappa shape index (κ2) is 6.27. The van der Waals surface area contributed by atoms with Crippen LogP contribution < -0.4 is 5.32 Å². The maximum atomic E-state index is 3.71. The third kappa shape index (κ3) is 4.50. The number of rotatable bonds is 4. The lowest BCUT2D eigenvalue weighted by molar-refractivity contribution is 0.166. The summed E-state index contributed by atoms with van der Waals surface area (Å²) in [6.07, 6.45) is 2.44. The maximum Gasteiger partial charge on any atom is 0.0370 e. The number of anilines is 1. The van der Waals surface area contributed by atoms with Crippen LogP contribution in [0.5, 0.6) is 0 Å². The fourth-order valence-corrected chi connectivity index (χ4v) is 3.02. The van der Waals surface area contributed by atoms with Crippen molar-refractivity contribution in [3.05, 3.63) is 28.7 Å². The molecule has 1 saturated heterocycles. The molecular formula is C16H25BrN2. The van der Waals surface area contributed by atoms with Gasteiger partial charge in [0.25, 0.3) is 0 Å². The van der Waals surface area contributed by atoms with Crippen molar-refractivity contribution in [2.24, 2.45) is 5.92 Å². The summed E-state index contributed by atoms with van der Waals surface area (Å²) in [6.45, 7) is 10.6. The summed E-state index contributed by atoms with van der Waals surface area (Å²) in [5.74, 6) is 0.767. The highest BCUT2D eigenvalue weighted by Gasteiger charge is 2.29. The van der Waals surface area contributed by atoms with Crippen molar-refractivity contribution in [2.75, 3.05) is 25.0 Å². The molecule has 1 N–H and O–H groups in total. The Morgan fingerprint density at radius 1 is 1.21 bits per heavy atom. The fraction of sp³-hybridized carbons (Fsp3) is 0.625. The average molecular weight is 325 g/mol. The van der Waals surface area contributed by atoms with Crippen LogP contribution in [-0.2, 0) is 0 Å². The van der Waals surface area contributed by atoms with Crippen LogP contribution in [0.4, 0.5) is 5.69 Å². The predicted octanol–water partition coefficient (Wildman–Crippen LogP) is 4.37. The molecule has 1 aliphatic rings. The number of halogens is 1. The Morgan fingerprint density at radius 2 is 1.79 bits per heavy atom. The molecule has 0 aliphatic carbocycles. The van der Waals surface area contributed by atoms with Gasteiger partial charge in [-0.15, -0.1) is 0 Å². The molecular weight excluding hydrogens is 300 g/mol. The lowest BCUT2D eigenvalue weighted by atomic mass is 9.89. The minimum atomic E-state index is 0.237. The van der Waals surface area contributed by atoms with Gasteiger partial charge in [0.2, 0.25) is 0 Å². The number of hydrogen-bond donors (Lipinski definition) is 1. The van der Waals surface area contributed by atoms with Gasteiger partial charge in [-0.25, -0.2) is 0 Å². The quantitative estimate of drug-likeness (QED) is 0.884. The largest absolute Gasteiger partial charge is 0.380 e. The monoisotopic (exact) mass is 324 g/mol. The van der Waals surface area contributed by atoms with Crippen molar-refractivity contribution in [2.45, 2.75) is 39.2 Å². The highest BCUT2D eigenvalue weighted by atomic mass is 79.9. The Kier molecular flexibility index (Phi) is 4.91. The van der Waals surface area contributed by atoms with E-state index in [0.717, 1.165) is 10.4 Å². The van der Waals surface area contributed by atoms with Gasteiger partial charge in [0.15, 0.2) is 0 Å². The molecule has 1 aliphatic heterocycles. The van der Waals surface area contributed by atoms with Gasteiger partial charge in [-0.1, -0.05) is 29.8 Å². The summed E-state index contributed by atoms with van der Waals surface area (Å²) >= 11 is 3.48. The van der Waals surface area contributed by atoms with Crippen LogP contribution in [0.1, 0.15) is 33.6 Å². The van der Waals surface area contributed by atoms with Gasteiger partial charge >= 0.3 is 0 Å². The summed E-state index contributed by atoms with van der Waals surface area (Å²) in [5.41, 5.74) is 1.46. The van der Waals surface area contributed by atoms with Crippen molar-refractivity contribution >= 4 is 21.6 Å². The molecule has 106 valence electrons. The third-order valence-electron chi connectivity index (χ3n) is 3.87. The molecule has 0 unspecified atom stereocenters. The van der Waals surface area contributed by atoms with Crippen molar-refractivity contribution in [3.63, 3.8) is 0 Å². The lowest BCUT2D eigenvalue weighted by Gasteiger charge is -2.41. The minimum absolute atomic E-state index is 0.237. The molecule has 1 aromatic rings. The molecule has 2 rings (SSSR count). The molecule has 1 aromatic carbocycles. The van der Waals surface area contributed by atoms with Crippen molar-refractivity contribution in [3.8, 4) is 0 Å². The van der Waals surface area contributed by atoms with Crippen LogP contribution in [0.25, 0.3) is 0 Å². The standard InChI is InChI=1S/C16H25BrN2/c1-13(2)12-19-10-8-16(3,9-11-19)18-15-6-4-14(17)5-7-15/h4-7,13,18H,8-12H2,1-3H3. The molecule has 2 nitrogen and oxygen atoms in total. The number of nitrogens with one attached hydrogen (secondary N) is 1. The zero-order chi connectivity index (χ0) is 13.9. The highest BCUT2D eigenvalue weighted by Crippen LogP contribution is 2.27. The van der Waals surface area contributed by atoms with Gasteiger partial charge in [-0.3, -0.25) is 0 Å². The summed E-state index contributed by atoms with van der Waals surface area (Å²) in [7, 11) is 0. The first-order valence-corrected chi connectivity index (χ1v) is 8.02. The highest BCUT2D eigenvalue weighted by molar-refractivity contribution is 9.10. The minimum Gasteiger partial charge on any atom is -0.380 e. The zero-order valence-electron chi connectivity index (χ0n) is 12.2. The predicted molar refractivity (Wildman–Crippen MR) is 86.7 cm³/mol. The molecule has 0 amide bonds. The molecule has 0 spiro atoms. The second-order valence-corrected chi connectivity index (χ2v) is 7.30. The first-order valence-electron chi connectivity index (χ1n) is 7.23. The first-order chi connectivity index (χ1) is 8.97. The Labute approximate surface area is 125 Å². The van der Waals surface area contributed by atoms with Gasteiger partial charge in [-0.2, -0.15) is 0 Å². The molecule has 19 heavy (non-hydrogen) atoms. The van der Waals surface area contributed by atoms with E-state index in [1.165, 1.54) is 38.2 Å². The van der Waals surface area contributed by atoms with E-state index < -0.39 is 0 Å². The Hall–Kier alpha value is -0.540. The van der Waals surface area contributed by atoms with Crippen LogP contribution >= 0.6 is 15.9 Å². The summed E-state index contributed by atoms with van der Waals surface area (Å²) in [5, 5.41) is 3.71. The topological polar surface area (TPSA) is 15.3 Å². The van der Waals surface area contributed by atoms with Crippen LogP contribution in [0.2, 0.25) is 0 Å². The molecule has 0 aromatic heterocycles. The zero-order valence-corrected chi connectivity index (χ0v) is 13.8. The number of likely N-dealkylation sites (tertiary alicyclic amines) is 1. The van der Waals surface area contributed by atoms with E-state index in [4.69, 9.17) is 0 Å². The van der Waals surface area contributed by atoms with Gasteiger partial charge in [0, 0.05) is 35.3 Å². The molecule has 1 fully saturated rings. The second-order valence-electron chi connectivity index (χ2n) is 6.39. The van der Waals surface area contributed by atoms with Crippen molar-refractivity contribution in [1.82, 2.24) is 4.90 Å².